The first-order valence-electron chi connectivity index (χ1n) is 6.62. The van der Waals surface area contributed by atoms with Gasteiger partial charge in [-0.05, 0) is 38.9 Å². The molecule has 0 bridgehead atoms. The van der Waals surface area contributed by atoms with Crippen molar-refractivity contribution < 1.29 is 4.79 Å². The maximum atomic E-state index is 11.8. The van der Waals surface area contributed by atoms with Crippen molar-refractivity contribution in [2.75, 3.05) is 26.2 Å². The topological polar surface area (TPSA) is 32.3 Å². The number of piperidine rings is 1. The van der Waals surface area contributed by atoms with Gasteiger partial charge < -0.3 is 5.32 Å². The first-order chi connectivity index (χ1) is 7.65. The van der Waals surface area contributed by atoms with Gasteiger partial charge >= 0.3 is 0 Å². The lowest BCUT2D eigenvalue weighted by Gasteiger charge is -2.34. The van der Waals surface area contributed by atoms with E-state index in [1.807, 2.05) is 13.8 Å². The maximum absolute atomic E-state index is 11.8. The molecule has 0 aromatic carbocycles. The minimum absolute atomic E-state index is 0.168. The van der Waals surface area contributed by atoms with Gasteiger partial charge in [0, 0.05) is 12.0 Å². The fraction of sp³-hybridized carbons (Fsp3) is 0.923. The van der Waals surface area contributed by atoms with Crippen molar-refractivity contribution in [3.05, 3.63) is 0 Å². The van der Waals surface area contributed by atoms with Crippen molar-refractivity contribution in [3.63, 3.8) is 0 Å². The fourth-order valence-electron chi connectivity index (χ4n) is 2.23. The Morgan fingerprint density at radius 1 is 1.38 bits per heavy atom. The van der Waals surface area contributed by atoms with Gasteiger partial charge in [0.25, 0.3) is 0 Å². The third kappa shape index (κ3) is 4.22. The van der Waals surface area contributed by atoms with E-state index >= 15 is 0 Å². The van der Waals surface area contributed by atoms with Crippen LogP contribution >= 0.6 is 0 Å². The van der Waals surface area contributed by atoms with Gasteiger partial charge in [-0.15, -0.1) is 0 Å². The molecule has 16 heavy (non-hydrogen) atoms. The molecule has 1 aliphatic rings. The fourth-order valence-corrected chi connectivity index (χ4v) is 2.23. The molecular formula is C13H26N2O. The van der Waals surface area contributed by atoms with Gasteiger partial charge in [-0.3, -0.25) is 9.69 Å². The summed E-state index contributed by atoms with van der Waals surface area (Å²) in [6.07, 6.45) is 3.51. The maximum Gasteiger partial charge on any atom is 0.149 e. The van der Waals surface area contributed by atoms with E-state index < -0.39 is 0 Å². The van der Waals surface area contributed by atoms with Crippen molar-refractivity contribution in [2.24, 2.45) is 5.92 Å². The van der Waals surface area contributed by atoms with Crippen LogP contribution in [-0.4, -0.2) is 42.9 Å². The molecule has 0 radical (unpaired) electrons. The van der Waals surface area contributed by atoms with E-state index in [9.17, 15) is 4.79 Å². The predicted octanol–water partition coefficient (Wildman–Crippen LogP) is 1.68. The van der Waals surface area contributed by atoms with Gasteiger partial charge in [-0.25, -0.2) is 0 Å². The highest BCUT2D eigenvalue weighted by atomic mass is 16.1. The minimum atomic E-state index is 0.168. The summed E-state index contributed by atoms with van der Waals surface area (Å²) in [7, 11) is 0. The van der Waals surface area contributed by atoms with Gasteiger partial charge in [0.1, 0.15) is 5.78 Å². The number of hydrogen-bond acceptors (Lipinski definition) is 3. The van der Waals surface area contributed by atoms with Crippen LogP contribution in [0.15, 0.2) is 0 Å². The lowest BCUT2D eigenvalue weighted by atomic mass is 10.0. The number of Topliss-reactive ketones (excluding diaryl/α,β-unsaturated/α-hetero) is 1. The molecule has 0 saturated carbocycles. The zero-order valence-electron chi connectivity index (χ0n) is 11.0. The number of ketones is 1. The summed E-state index contributed by atoms with van der Waals surface area (Å²) in [6.45, 7) is 10.1. The second-order valence-electron chi connectivity index (χ2n) is 5.07. The van der Waals surface area contributed by atoms with E-state index in [1.165, 1.54) is 12.8 Å². The van der Waals surface area contributed by atoms with Crippen LogP contribution in [0.25, 0.3) is 0 Å². The summed E-state index contributed by atoms with van der Waals surface area (Å²) < 4.78 is 0. The molecule has 3 nitrogen and oxygen atoms in total. The standard InChI is InChI=1S/C13H26N2O/c1-4-9-15(10-13(16)11(2)3)12-5-7-14-8-6-12/h11-12,14H,4-10H2,1-3H3. The number of carbonyl (C=O) groups is 1. The highest BCUT2D eigenvalue weighted by Gasteiger charge is 2.22. The zero-order valence-corrected chi connectivity index (χ0v) is 11.0. The smallest absolute Gasteiger partial charge is 0.149 e. The van der Waals surface area contributed by atoms with E-state index in [1.54, 1.807) is 0 Å². The molecule has 1 rings (SSSR count). The van der Waals surface area contributed by atoms with Crippen LogP contribution in [0.1, 0.15) is 40.0 Å². The van der Waals surface area contributed by atoms with Crippen LogP contribution in [0.2, 0.25) is 0 Å². The summed E-state index contributed by atoms with van der Waals surface area (Å²) in [5.41, 5.74) is 0. The normalized spacial score (nSPS) is 18.3. The number of hydrogen-bond donors (Lipinski definition) is 1. The molecule has 1 N–H and O–H groups in total. The third-order valence-corrected chi connectivity index (χ3v) is 3.34. The van der Waals surface area contributed by atoms with E-state index in [-0.39, 0.29) is 5.92 Å². The Morgan fingerprint density at radius 3 is 2.50 bits per heavy atom. The number of rotatable bonds is 6. The second kappa shape index (κ2) is 7.02. The van der Waals surface area contributed by atoms with Crippen molar-refractivity contribution >= 4 is 5.78 Å². The molecule has 94 valence electrons. The summed E-state index contributed by atoms with van der Waals surface area (Å²) in [6, 6.07) is 0.615. The van der Waals surface area contributed by atoms with Crippen LogP contribution < -0.4 is 5.32 Å². The quantitative estimate of drug-likeness (QED) is 0.748. The van der Waals surface area contributed by atoms with Gasteiger partial charge in [0.05, 0.1) is 6.54 Å². The van der Waals surface area contributed by atoms with Gasteiger partial charge in [0.15, 0.2) is 0 Å². The molecule has 0 aromatic heterocycles. The van der Waals surface area contributed by atoms with Gasteiger partial charge in [0.2, 0.25) is 0 Å². The average molecular weight is 226 g/mol. The average Bonchev–Trinajstić information content (AvgIpc) is 2.29. The molecular weight excluding hydrogens is 200 g/mol. The Hall–Kier alpha value is -0.410. The van der Waals surface area contributed by atoms with Crippen LogP contribution in [-0.2, 0) is 4.79 Å². The highest BCUT2D eigenvalue weighted by Crippen LogP contribution is 2.13. The van der Waals surface area contributed by atoms with Crippen LogP contribution in [0.5, 0.6) is 0 Å². The monoisotopic (exact) mass is 226 g/mol. The number of nitrogens with zero attached hydrogens (tertiary/aromatic N) is 1. The largest absolute Gasteiger partial charge is 0.317 e. The lowest BCUT2D eigenvalue weighted by molar-refractivity contribution is -0.123. The van der Waals surface area contributed by atoms with Crippen molar-refractivity contribution in [1.29, 1.82) is 0 Å². The van der Waals surface area contributed by atoms with Crippen LogP contribution in [0.4, 0.5) is 0 Å². The Balaban J connectivity index is 2.48. The summed E-state index contributed by atoms with van der Waals surface area (Å²) in [5.74, 6) is 0.549. The van der Waals surface area contributed by atoms with Crippen LogP contribution in [0, 0.1) is 5.92 Å². The molecule has 3 heteroatoms. The lowest BCUT2D eigenvalue weighted by Crippen LogP contribution is -2.46. The minimum Gasteiger partial charge on any atom is -0.317 e. The van der Waals surface area contributed by atoms with Crippen molar-refractivity contribution in [2.45, 2.75) is 46.1 Å². The molecule has 0 unspecified atom stereocenters. The first kappa shape index (κ1) is 13.7. The van der Waals surface area contributed by atoms with Gasteiger partial charge in [-0.2, -0.15) is 0 Å². The van der Waals surface area contributed by atoms with E-state index in [0.717, 1.165) is 26.1 Å². The Morgan fingerprint density at radius 2 is 2.00 bits per heavy atom. The Kier molecular flexibility index (Phi) is 5.99. The van der Waals surface area contributed by atoms with E-state index in [4.69, 9.17) is 0 Å². The zero-order chi connectivity index (χ0) is 12.0. The second-order valence-corrected chi connectivity index (χ2v) is 5.07. The summed E-state index contributed by atoms with van der Waals surface area (Å²) in [4.78, 5) is 14.2. The van der Waals surface area contributed by atoms with Crippen molar-refractivity contribution in [3.8, 4) is 0 Å². The molecule has 0 aliphatic carbocycles. The summed E-state index contributed by atoms with van der Waals surface area (Å²) in [5, 5.41) is 3.38. The molecule has 1 aliphatic heterocycles. The Labute approximate surface area is 99.6 Å². The van der Waals surface area contributed by atoms with E-state index in [0.29, 0.717) is 18.4 Å². The van der Waals surface area contributed by atoms with Crippen LogP contribution in [0.3, 0.4) is 0 Å². The number of carbonyl (C=O) groups excluding carboxylic acids is 1. The highest BCUT2D eigenvalue weighted by molar-refractivity contribution is 5.82. The SMILES string of the molecule is CCCN(CC(=O)C(C)C)C1CCNCC1. The molecule has 1 saturated heterocycles. The molecule has 1 heterocycles. The molecule has 0 spiro atoms. The molecule has 0 aromatic rings. The molecule has 0 atom stereocenters. The third-order valence-electron chi connectivity index (χ3n) is 3.34. The van der Waals surface area contributed by atoms with E-state index in [2.05, 4.69) is 17.1 Å². The Bertz CT molecular complexity index is 210. The predicted molar refractivity (Wildman–Crippen MR) is 67.6 cm³/mol. The molecule has 0 amide bonds. The van der Waals surface area contributed by atoms with Gasteiger partial charge in [-0.1, -0.05) is 20.8 Å². The first-order valence-corrected chi connectivity index (χ1v) is 6.62. The molecule has 1 fully saturated rings. The summed E-state index contributed by atoms with van der Waals surface area (Å²) >= 11 is 0. The number of nitrogens with one attached hydrogen (secondary N) is 1. The van der Waals surface area contributed by atoms with Crippen molar-refractivity contribution in [1.82, 2.24) is 10.2 Å².